The summed E-state index contributed by atoms with van der Waals surface area (Å²) in [6, 6.07) is 8.88. The van der Waals surface area contributed by atoms with Crippen molar-refractivity contribution in [3.05, 3.63) is 41.9 Å². The first-order valence-electron chi connectivity index (χ1n) is 7.63. The molecule has 0 fully saturated rings. The Balaban J connectivity index is 2.20. The molecule has 0 atom stereocenters. The van der Waals surface area contributed by atoms with Gasteiger partial charge in [-0.2, -0.15) is 0 Å². The highest BCUT2D eigenvalue weighted by molar-refractivity contribution is 6.03. The van der Waals surface area contributed by atoms with Crippen LogP contribution in [0.2, 0.25) is 0 Å². The molecule has 0 unspecified atom stereocenters. The molecule has 1 N–H and O–H groups in total. The van der Waals surface area contributed by atoms with Crippen LogP contribution in [0.25, 0.3) is 0 Å². The number of nitrogens with zero attached hydrogens (tertiary/aromatic N) is 3. The minimum atomic E-state index is -0.255. The van der Waals surface area contributed by atoms with E-state index in [0.29, 0.717) is 17.2 Å². The van der Waals surface area contributed by atoms with E-state index in [9.17, 15) is 4.79 Å². The Hall–Kier alpha value is -2.63. The molecule has 1 aromatic heterocycles. The Labute approximate surface area is 136 Å². The molecule has 2 rings (SSSR count). The summed E-state index contributed by atoms with van der Waals surface area (Å²) in [7, 11) is 1.60. The van der Waals surface area contributed by atoms with Gasteiger partial charge in [0.1, 0.15) is 23.1 Å². The molecule has 0 aliphatic carbocycles. The highest BCUT2D eigenvalue weighted by Gasteiger charge is 2.13. The van der Waals surface area contributed by atoms with Crippen molar-refractivity contribution in [3.8, 4) is 5.75 Å². The average molecular weight is 314 g/mol. The second kappa shape index (κ2) is 7.58. The molecule has 6 nitrogen and oxygen atoms in total. The number of hydrogen-bond donors (Lipinski definition) is 1. The predicted molar refractivity (Wildman–Crippen MR) is 91.3 cm³/mol. The van der Waals surface area contributed by atoms with Crippen molar-refractivity contribution < 1.29 is 9.53 Å². The van der Waals surface area contributed by atoms with Gasteiger partial charge in [0, 0.05) is 24.8 Å². The van der Waals surface area contributed by atoms with Gasteiger partial charge in [-0.1, -0.05) is 0 Å². The maximum absolute atomic E-state index is 12.4. The number of carbonyl (C=O) groups excluding carboxylic acids is 1. The SMILES string of the molecule is CCN(CC)c1cc(C(=O)Nc2ccc(OC)cc2)nc(C)n1. The molecule has 0 aliphatic rings. The van der Waals surface area contributed by atoms with Crippen LogP contribution in [-0.2, 0) is 0 Å². The van der Waals surface area contributed by atoms with Crippen LogP contribution in [0.5, 0.6) is 5.75 Å². The fourth-order valence-electron chi connectivity index (χ4n) is 2.25. The van der Waals surface area contributed by atoms with Gasteiger partial charge in [0.25, 0.3) is 5.91 Å². The number of carbonyl (C=O) groups is 1. The molecule has 1 aromatic carbocycles. The maximum Gasteiger partial charge on any atom is 0.274 e. The van der Waals surface area contributed by atoms with Crippen molar-refractivity contribution >= 4 is 17.4 Å². The third-order valence-electron chi connectivity index (χ3n) is 3.49. The minimum Gasteiger partial charge on any atom is -0.497 e. The van der Waals surface area contributed by atoms with E-state index in [1.54, 1.807) is 44.4 Å². The first kappa shape index (κ1) is 16.7. The Morgan fingerprint density at radius 1 is 1.17 bits per heavy atom. The number of methoxy groups -OCH3 is 1. The van der Waals surface area contributed by atoms with E-state index in [2.05, 4.69) is 34.0 Å². The Morgan fingerprint density at radius 3 is 2.39 bits per heavy atom. The maximum atomic E-state index is 12.4. The highest BCUT2D eigenvalue weighted by atomic mass is 16.5. The van der Waals surface area contributed by atoms with Crippen LogP contribution in [0.1, 0.15) is 30.2 Å². The van der Waals surface area contributed by atoms with E-state index >= 15 is 0 Å². The molecule has 122 valence electrons. The molecule has 1 amide bonds. The van der Waals surface area contributed by atoms with Crippen molar-refractivity contribution in [2.24, 2.45) is 0 Å². The average Bonchev–Trinajstić information content (AvgIpc) is 2.56. The largest absolute Gasteiger partial charge is 0.497 e. The molecule has 0 bridgehead atoms. The standard InChI is InChI=1S/C17H22N4O2/c1-5-21(6-2)16-11-15(18-12(3)19-16)17(22)20-13-7-9-14(23-4)10-8-13/h7-11H,5-6H2,1-4H3,(H,20,22). The van der Waals surface area contributed by atoms with Gasteiger partial charge < -0.3 is 15.0 Å². The first-order chi connectivity index (χ1) is 11.1. The van der Waals surface area contributed by atoms with E-state index in [4.69, 9.17) is 4.74 Å². The lowest BCUT2D eigenvalue weighted by molar-refractivity contribution is 0.102. The topological polar surface area (TPSA) is 67.4 Å². The molecular formula is C17H22N4O2. The van der Waals surface area contributed by atoms with Gasteiger partial charge in [0.2, 0.25) is 0 Å². The highest BCUT2D eigenvalue weighted by Crippen LogP contribution is 2.17. The number of nitrogens with one attached hydrogen (secondary N) is 1. The van der Waals surface area contributed by atoms with Crippen molar-refractivity contribution in [2.75, 3.05) is 30.4 Å². The van der Waals surface area contributed by atoms with Crippen LogP contribution in [-0.4, -0.2) is 36.1 Å². The van der Waals surface area contributed by atoms with Gasteiger partial charge >= 0.3 is 0 Å². The van der Waals surface area contributed by atoms with Crippen molar-refractivity contribution in [3.63, 3.8) is 0 Å². The zero-order valence-corrected chi connectivity index (χ0v) is 14.0. The summed E-state index contributed by atoms with van der Waals surface area (Å²) in [5, 5.41) is 2.84. The smallest absolute Gasteiger partial charge is 0.274 e. The van der Waals surface area contributed by atoms with E-state index in [-0.39, 0.29) is 5.91 Å². The molecule has 2 aromatic rings. The summed E-state index contributed by atoms with van der Waals surface area (Å²) in [6.07, 6.45) is 0. The number of amides is 1. The lowest BCUT2D eigenvalue weighted by atomic mass is 10.2. The van der Waals surface area contributed by atoms with Gasteiger partial charge in [-0.05, 0) is 45.0 Å². The second-order valence-corrected chi connectivity index (χ2v) is 5.01. The van der Waals surface area contributed by atoms with Crippen LogP contribution >= 0.6 is 0 Å². The number of aryl methyl sites for hydroxylation is 1. The summed E-state index contributed by atoms with van der Waals surface area (Å²) in [5.74, 6) is 1.83. The minimum absolute atomic E-state index is 0.255. The number of hydrogen-bond acceptors (Lipinski definition) is 5. The fourth-order valence-corrected chi connectivity index (χ4v) is 2.25. The third kappa shape index (κ3) is 4.18. The van der Waals surface area contributed by atoms with Crippen LogP contribution in [0, 0.1) is 6.92 Å². The molecule has 6 heteroatoms. The fraction of sp³-hybridized carbons (Fsp3) is 0.353. The van der Waals surface area contributed by atoms with Crippen LogP contribution in [0.3, 0.4) is 0 Å². The normalized spacial score (nSPS) is 10.3. The summed E-state index contributed by atoms with van der Waals surface area (Å²) in [6.45, 7) is 7.55. The molecule has 0 radical (unpaired) electrons. The number of anilines is 2. The molecule has 23 heavy (non-hydrogen) atoms. The number of benzene rings is 1. The zero-order valence-electron chi connectivity index (χ0n) is 14.0. The van der Waals surface area contributed by atoms with E-state index in [1.165, 1.54) is 0 Å². The number of rotatable bonds is 6. The lowest BCUT2D eigenvalue weighted by Gasteiger charge is -2.20. The van der Waals surface area contributed by atoms with Crippen LogP contribution in [0.4, 0.5) is 11.5 Å². The summed E-state index contributed by atoms with van der Waals surface area (Å²) >= 11 is 0. The number of aromatic nitrogens is 2. The summed E-state index contributed by atoms with van der Waals surface area (Å²) in [5.41, 5.74) is 1.05. The predicted octanol–water partition coefficient (Wildman–Crippen LogP) is 2.89. The van der Waals surface area contributed by atoms with Crippen LogP contribution < -0.4 is 15.0 Å². The van der Waals surface area contributed by atoms with Gasteiger partial charge in [0.05, 0.1) is 7.11 Å². The number of ether oxygens (including phenoxy) is 1. The molecule has 0 saturated heterocycles. The van der Waals surface area contributed by atoms with Gasteiger partial charge in [-0.3, -0.25) is 4.79 Å². The first-order valence-corrected chi connectivity index (χ1v) is 7.63. The molecular weight excluding hydrogens is 292 g/mol. The van der Waals surface area contributed by atoms with Gasteiger partial charge in [-0.25, -0.2) is 9.97 Å². The molecule has 0 saturated carbocycles. The van der Waals surface area contributed by atoms with Gasteiger partial charge in [-0.15, -0.1) is 0 Å². The molecule has 1 heterocycles. The van der Waals surface area contributed by atoms with Gasteiger partial charge in [0.15, 0.2) is 0 Å². The van der Waals surface area contributed by atoms with Crippen LogP contribution in [0.15, 0.2) is 30.3 Å². The monoisotopic (exact) mass is 314 g/mol. The Bertz CT molecular complexity index is 667. The van der Waals surface area contributed by atoms with Crippen molar-refractivity contribution in [2.45, 2.75) is 20.8 Å². The quantitative estimate of drug-likeness (QED) is 0.888. The Morgan fingerprint density at radius 2 is 1.83 bits per heavy atom. The Kier molecular flexibility index (Phi) is 5.51. The van der Waals surface area contributed by atoms with Crippen molar-refractivity contribution in [1.29, 1.82) is 0 Å². The van der Waals surface area contributed by atoms with E-state index in [1.807, 2.05) is 0 Å². The zero-order chi connectivity index (χ0) is 16.8. The molecule has 0 spiro atoms. The molecule has 0 aliphatic heterocycles. The van der Waals surface area contributed by atoms with E-state index in [0.717, 1.165) is 24.7 Å². The summed E-state index contributed by atoms with van der Waals surface area (Å²) < 4.78 is 5.10. The lowest BCUT2D eigenvalue weighted by Crippen LogP contribution is -2.24. The summed E-state index contributed by atoms with van der Waals surface area (Å²) in [4.78, 5) is 23.1. The second-order valence-electron chi connectivity index (χ2n) is 5.01. The third-order valence-corrected chi connectivity index (χ3v) is 3.49. The van der Waals surface area contributed by atoms with Crippen molar-refractivity contribution in [1.82, 2.24) is 9.97 Å². The van der Waals surface area contributed by atoms with E-state index < -0.39 is 0 Å².